The first-order valence-electron chi connectivity index (χ1n) is 8.85. The Labute approximate surface area is 166 Å². The first-order valence-corrected chi connectivity index (χ1v) is 9.67. The number of carbonyl (C=O) groups is 1. The molecule has 6 nitrogen and oxygen atoms in total. The molecular weight excluding hydrogens is 372 g/mol. The molecule has 4 aromatic rings. The number of aromatic nitrogens is 3. The van der Waals surface area contributed by atoms with Gasteiger partial charge in [0.1, 0.15) is 17.1 Å². The largest absolute Gasteiger partial charge is 0.497 e. The number of methoxy groups -OCH3 is 1. The van der Waals surface area contributed by atoms with Gasteiger partial charge in [0.2, 0.25) is 0 Å². The molecule has 7 heteroatoms. The predicted molar refractivity (Wildman–Crippen MR) is 111 cm³/mol. The highest BCUT2D eigenvalue weighted by Gasteiger charge is 2.19. The number of aryl methyl sites for hydroxylation is 3. The van der Waals surface area contributed by atoms with Crippen LogP contribution in [0.1, 0.15) is 26.6 Å². The molecule has 0 aliphatic rings. The van der Waals surface area contributed by atoms with Gasteiger partial charge in [0.25, 0.3) is 5.91 Å². The van der Waals surface area contributed by atoms with Crippen LogP contribution in [0.15, 0.2) is 42.6 Å². The third-order valence-electron chi connectivity index (χ3n) is 4.62. The van der Waals surface area contributed by atoms with E-state index >= 15 is 0 Å². The molecule has 1 N–H and O–H groups in total. The summed E-state index contributed by atoms with van der Waals surface area (Å²) in [5, 5.41) is 3.50. The average Bonchev–Trinajstić information content (AvgIpc) is 3.21. The molecule has 142 valence electrons. The molecule has 0 fully saturated rings. The first kappa shape index (κ1) is 18.2. The van der Waals surface area contributed by atoms with Crippen LogP contribution >= 0.6 is 11.3 Å². The second-order valence-corrected chi connectivity index (χ2v) is 7.74. The number of fused-ring (bicyclic) bond motifs is 1. The number of imidazole rings is 1. The van der Waals surface area contributed by atoms with Crippen molar-refractivity contribution in [2.75, 3.05) is 12.4 Å². The molecule has 0 bridgehead atoms. The fourth-order valence-corrected chi connectivity index (χ4v) is 4.04. The summed E-state index contributed by atoms with van der Waals surface area (Å²) in [6.45, 7) is 5.82. The number of benzene rings is 1. The Hall–Kier alpha value is -3.19. The SMILES string of the molecule is COc1ccc(-c2nc(NC(=O)c3c(C)nc4c(C)cccn34)sc2C)cc1. The van der Waals surface area contributed by atoms with Crippen LogP contribution in [0.25, 0.3) is 16.9 Å². The van der Waals surface area contributed by atoms with Crippen LogP contribution in [-0.4, -0.2) is 27.4 Å². The number of hydrogen-bond donors (Lipinski definition) is 1. The van der Waals surface area contributed by atoms with Crippen molar-refractivity contribution in [2.45, 2.75) is 20.8 Å². The Kier molecular flexibility index (Phi) is 4.60. The van der Waals surface area contributed by atoms with Gasteiger partial charge in [-0.2, -0.15) is 0 Å². The number of nitrogens with one attached hydrogen (secondary N) is 1. The Balaban J connectivity index is 1.64. The highest BCUT2D eigenvalue weighted by molar-refractivity contribution is 7.16. The van der Waals surface area contributed by atoms with Crippen molar-refractivity contribution in [2.24, 2.45) is 0 Å². The molecule has 3 aromatic heterocycles. The number of nitrogens with zero attached hydrogens (tertiary/aromatic N) is 3. The van der Waals surface area contributed by atoms with Crippen LogP contribution < -0.4 is 10.1 Å². The monoisotopic (exact) mass is 392 g/mol. The third kappa shape index (κ3) is 3.14. The number of anilines is 1. The van der Waals surface area contributed by atoms with Crippen LogP contribution in [0.3, 0.4) is 0 Å². The summed E-state index contributed by atoms with van der Waals surface area (Å²) >= 11 is 1.46. The molecule has 0 saturated carbocycles. The minimum absolute atomic E-state index is 0.217. The number of amides is 1. The van der Waals surface area contributed by atoms with Crippen molar-refractivity contribution in [3.63, 3.8) is 0 Å². The summed E-state index contributed by atoms with van der Waals surface area (Å²) in [4.78, 5) is 23.1. The van der Waals surface area contributed by atoms with E-state index < -0.39 is 0 Å². The zero-order valence-electron chi connectivity index (χ0n) is 16.1. The molecule has 0 atom stereocenters. The van der Waals surface area contributed by atoms with E-state index in [1.807, 2.05) is 67.8 Å². The maximum atomic E-state index is 12.9. The lowest BCUT2D eigenvalue weighted by Crippen LogP contribution is -2.15. The Morgan fingerprint density at radius 1 is 1.11 bits per heavy atom. The minimum Gasteiger partial charge on any atom is -0.497 e. The van der Waals surface area contributed by atoms with Crippen molar-refractivity contribution >= 4 is 28.0 Å². The van der Waals surface area contributed by atoms with Gasteiger partial charge >= 0.3 is 0 Å². The van der Waals surface area contributed by atoms with E-state index in [0.717, 1.165) is 33.1 Å². The van der Waals surface area contributed by atoms with Crippen LogP contribution in [-0.2, 0) is 0 Å². The van der Waals surface area contributed by atoms with Gasteiger partial charge in [-0.05, 0) is 56.7 Å². The van der Waals surface area contributed by atoms with Crippen LogP contribution in [0.5, 0.6) is 5.75 Å². The standard InChI is InChI=1S/C21H20N4O2S/c1-12-6-5-11-25-18(13(2)22-19(12)25)20(26)24-21-23-17(14(3)28-21)15-7-9-16(27-4)10-8-15/h5-11H,1-4H3,(H,23,24,26). The fraction of sp³-hybridized carbons (Fsp3) is 0.190. The number of carbonyl (C=O) groups excluding carboxylic acids is 1. The maximum absolute atomic E-state index is 12.9. The van der Waals surface area contributed by atoms with Gasteiger partial charge in [0.15, 0.2) is 5.13 Å². The molecule has 0 radical (unpaired) electrons. The van der Waals surface area contributed by atoms with E-state index in [9.17, 15) is 4.79 Å². The molecule has 0 saturated heterocycles. The fourth-order valence-electron chi connectivity index (χ4n) is 3.21. The summed E-state index contributed by atoms with van der Waals surface area (Å²) in [5.41, 5.74) is 4.87. The second kappa shape index (κ2) is 7.09. The highest BCUT2D eigenvalue weighted by Crippen LogP contribution is 2.31. The van der Waals surface area contributed by atoms with Crippen molar-refractivity contribution in [1.82, 2.24) is 14.4 Å². The molecule has 1 aromatic carbocycles. The van der Waals surface area contributed by atoms with Crippen LogP contribution in [0.2, 0.25) is 0 Å². The van der Waals surface area contributed by atoms with Crippen LogP contribution in [0.4, 0.5) is 5.13 Å². The third-order valence-corrected chi connectivity index (χ3v) is 5.50. The Bertz CT molecular complexity index is 1180. The first-order chi connectivity index (χ1) is 13.5. The summed E-state index contributed by atoms with van der Waals surface area (Å²) in [6.07, 6.45) is 1.85. The quantitative estimate of drug-likeness (QED) is 0.549. The van der Waals surface area contributed by atoms with Gasteiger partial charge in [0.05, 0.1) is 18.5 Å². The van der Waals surface area contributed by atoms with E-state index in [-0.39, 0.29) is 5.91 Å². The molecule has 0 aliphatic heterocycles. The van der Waals surface area contributed by atoms with Crippen molar-refractivity contribution in [3.05, 3.63) is 64.4 Å². The van der Waals surface area contributed by atoms with Gasteiger partial charge in [-0.1, -0.05) is 6.07 Å². The average molecular weight is 392 g/mol. The Morgan fingerprint density at radius 3 is 2.57 bits per heavy atom. The smallest absolute Gasteiger partial charge is 0.276 e. The second-order valence-electron chi connectivity index (χ2n) is 6.54. The molecule has 0 unspecified atom stereocenters. The van der Waals surface area contributed by atoms with Gasteiger partial charge in [-0.3, -0.25) is 14.5 Å². The van der Waals surface area contributed by atoms with Gasteiger partial charge in [-0.25, -0.2) is 9.97 Å². The molecule has 3 heterocycles. The van der Waals surface area contributed by atoms with Crippen molar-refractivity contribution in [1.29, 1.82) is 0 Å². The lowest BCUT2D eigenvalue weighted by atomic mass is 10.1. The highest BCUT2D eigenvalue weighted by atomic mass is 32.1. The summed E-state index contributed by atoms with van der Waals surface area (Å²) in [6, 6.07) is 11.6. The van der Waals surface area contributed by atoms with E-state index in [1.165, 1.54) is 11.3 Å². The number of ether oxygens (including phenoxy) is 1. The summed E-state index contributed by atoms with van der Waals surface area (Å²) in [7, 11) is 1.64. The lowest BCUT2D eigenvalue weighted by Gasteiger charge is -2.04. The lowest BCUT2D eigenvalue weighted by molar-refractivity contribution is 0.102. The maximum Gasteiger partial charge on any atom is 0.276 e. The molecule has 4 rings (SSSR count). The molecular formula is C21H20N4O2S. The van der Waals surface area contributed by atoms with E-state index in [1.54, 1.807) is 7.11 Å². The van der Waals surface area contributed by atoms with Gasteiger partial charge < -0.3 is 4.74 Å². The molecule has 1 amide bonds. The predicted octanol–water partition coefficient (Wildman–Crippen LogP) is 4.64. The number of thiazole rings is 1. The van der Waals surface area contributed by atoms with Crippen LogP contribution in [0, 0.1) is 20.8 Å². The van der Waals surface area contributed by atoms with Crippen molar-refractivity contribution < 1.29 is 9.53 Å². The zero-order chi connectivity index (χ0) is 19.8. The molecule has 0 spiro atoms. The van der Waals surface area contributed by atoms with Crippen molar-refractivity contribution in [3.8, 4) is 17.0 Å². The molecule has 0 aliphatic carbocycles. The zero-order valence-corrected chi connectivity index (χ0v) is 16.9. The topological polar surface area (TPSA) is 68.5 Å². The van der Waals surface area contributed by atoms with E-state index in [0.29, 0.717) is 16.5 Å². The number of hydrogen-bond acceptors (Lipinski definition) is 5. The number of rotatable bonds is 4. The normalized spacial score (nSPS) is 11.0. The van der Waals surface area contributed by atoms with E-state index in [4.69, 9.17) is 4.74 Å². The summed E-state index contributed by atoms with van der Waals surface area (Å²) in [5.74, 6) is 0.578. The van der Waals surface area contributed by atoms with E-state index in [2.05, 4.69) is 15.3 Å². The summed E-state index contributed by atoms with van der Waals surface area (Å²) < 4.78 is 7.03. The van der Waals surface area contributed by atoms with Gasteiger partial charge in [0, 0.05) is 16.6 Å². The van der Waals surface area contributed by atoms with Gasteiger partial charge in [-0.15, -0.1) is 11.3 Å². The Morgan fingerprint density at radius 2 is 1.86 bits per heavy atom. The molecule has 28 heavy (non-hydrogen) atoms. The minimum atomic E-state index is -0.217. The number of pyridine rings is 1.